The summed E-state index contributed by atoms with van der Waals surface area (Å²) in [4.78, 5) is 15.9. The number of hydrogen-bond donors (Lipinski definition) is 0. The first kappa shape index (κ1) is 24.7. The quantitative estimate of drug-likeness (QED) is 0.402. The number of carbonyl (C=O) groups excluding carboxylic acids is 1. The second-order valence-corrected chi connectivity index (χ2v) is 12.5. The molecule has 4 fully saturated rings. The second kappa shape index (κ2) is 8.03. The van der Waals surface area contributed by atoms with Gasteiger partial charge in [-0.15, -0.1) is 0 Å². The number of ether oxygens (including phenoxy) is 3. The van der Waals surface area contributed by atoms with E-state index in [-0.39, 0.29) is 35.4 Å². The Kier molecular flexibility index (Phi) is 4.97. The predicted molar refractivity (Wildman–Crippen MR) is 140 cm³/mol. The van der Waals surface area contributed by atoms with E-state index < -0.39 is 11.7 Å². The third kappa shape index (κ3) is 3.00. The minimum Gasteiger partial charge on any atom is -0.493 e. The van der Waals surface area contributed by atoms with Crippen LogP contribution in [0.1, 0.15) is 36.0 Å². The Bertz CT molecular complexity index is 1460. The van der Waals surface area contributed by atoms with E-state index in [1.165, 1.54) is 17.7 Å². The van der Waals surface area contributed by atoms with E-state index in [4.69, 9.17) is 14.2 Å². The molecule has 7 atom stereocenters. The first-order valence-electron chi connectivity index (χ1n) is 14.1. The van der Waals surface area contributed by atoms with Crippen molar-refractivity contribution in [3.05, 3.63) is 64.7 Å². The zero-order valence-electron chi connectivity index (χ0n) is 22.5. The zero-order chi connectivity index (χ0) is 27.6. The van der Waals surface area contributed by atoms with E-state index in [9.17, 15) is 18.0 Å². The molecule has 210 valence electrons. The van der Waals surface area contributed by atoms with Crippen LogP contribution >= 0.6 is 0 Å². The zero-order valence-corrected chi connectivity index (χ0v) is 22.5. The minimum absolute atomic E-state index is 0.0243. The number of methoxy groups -OCH3 is 2. The molecule has 2 bridgehead atoms. The Labute approximate surface area is 230 Å². The number of alkyl halides is 3. The van der Waals surface area contributed by atoms with Crippen LogP contribution in [0, 0.1) is 11.8 Å². The van der Waals surface area contributed by atoms with Crippen molar-refractivity contribution in [1.29, 1.82) is 0 Å². The summed E-state index contributed by atoms with van der Waals surface area (Å²) in [7, 11) is 3.25. The summed E-state index contributed by atoms with van der Waals surface area (Å²) >= 11 is 0. The van der Waals surface area contributed by atoms with Crippen LogP contribution in [0.5, 0.6) is 11.5 Å². The maximum atomic E-state index is 13.9. The number of benzene rings is 2. The standard InChI is InChI=1S/C31H32F3N2O4/c1-38-23-12-21-22(13-24(23)39-2)35-27(37)14-25-28-20-11-26-30(21,29(28)35)8-9-36(26,16-18(20)7-10-40-25)15-17-3-5-19(6-4-17)31(32,33)34/h3-7,12-13,20,25-26,28-29H,8-11,14-16H2,1-2H3/q+1/t20-,25-,26?,28-,29-,30?,36?/m0/s1. The maximum absolute atomic E-state index is 13.9. The normalized spacial score (nSPS) is 36.6. The van der Waals surface area contributed by atoms with Gasteiger partial charge in [0, 0.05) is 30.4 Å². The van der Waals surface area contributed by atoms with Crippen molar-refractivity contribution in [2.75, 3.05) is 38.8 Å². The fourth-order valence-electron chi connectivity index (χ4n) is 9.72. The van der Waals surface area contributed by atoms with Gasteiger partial charge in [-0.3, -0.25) is 4.79 Å². The molecule has 6 aliphatic rings. The van der Waals surface area contributed by atoms with Crippen molar-refractivity contribution in [2.45, 2.75) is 55.6 Å². The highest BCUT2D eigenvalue weighted by atomic mass is 19.4. The van der Waals surface area contributed by atoms with Crippen LogP contribution in [0.3, 0.4) is 0 Å². The van der Waals surface area contributed by atoms with E-state index in [2.05, 4.69) is 17.0 Å². The van der Waals surface area contributed by atoms with Gasteiger partial charge in [0.1, 0.15) is 19.1 Å². The van der Waals surface area contributed by atoms with Crippen molar-refractivity contribution < 1.29 is 36.7 Å². The molecule has 3 unspecified atom stereocenters. The van der Waals surface area contributed by atoms with Gasteiger partial charge in [0.2, 0.25) is 5.91 Å². The van der Waals surface area contributed by atoms with Gasteiger partial charge in [-0.2, -0.15) is 13.2 Å². The average Bonchev–Trinajstić information content (AvgIpc) is 3.36. The molecule has 3 saturated heterocycles. The number of hydrogen-bond acceptors (Lipinski definition) is 4. The number of carbonyl (C=O) groups is 1. The van der Waals surface area contributed by atoms with E-state index in [1.54, 1.807) is 26.4 Å². The lowest BCUT2D eigenvalue weighted by molar-refractivity contribution is -0.955. The number of fused-ring (bicyclic) bond motifs is 2. The Balaban J connectivity index is 1.31. The molecule has 8 rings (SSSR count). The van der Waals surface area contributed by atoms with Gasteiger partial charge in [0.25, 0.3) is 0 Å². The highest BCUT2D eigenvalue weighted by molar-refractivity contribution is 5.99. The molecule has 0 aromatic heterocycles. The summed E-state index contributed by atoms with van der Waals surface area (Å²) in [6.07, 6.45) is 0.0335. The lowest BCUT2D eigenvalue weighted by Crippen LogP contribution is -2.72. The first-order chi connectivity index (χ1) is 19.2. The number of nitrogens with zero attached hydrogens (tertiary/aromatic N) is 2. The summed E-state index contributed by atoms with van der Waals surface area (Å²) in [5.41, 5.74) is 3.47. The summed E-state index contributed by atoms with van der Waals surface area (Å²) < 4.78 is 58.5. The van der Waals surface area contributed by atoms with Gasteiger partial charge in [-0.05, 0) is 35.3 Å². The molecular weight excluding hydrogens is 521 g/mol. The van der Waals surface area contributed by atoms with Gasteiger partial charge in [-0.25, -0.2) is 0 Å². The highest BCUT2D eigenvalue weighted by Gasteiger charge is 2.76. The van der Waals surface area contributed by atoms with Gasteiger partial charge >= 0.3 is 6.18 Å². The van der Waals surface area contributed by atoms with Crippen molar-refractivity contribution in [2.24, 2.45) is 11.8 Å². The van der Waals surface area contributed by atoms with Crippen LogP contribution in [0.2, 0.25) is 0 Å². The fourth-order valence-corrected chi connectivity index (χ4v) is 9.72. The molecule has 2 aromatic carbocycles. The molecule has 6 nitrogen and oxygen atoms in total. The SMILES string of the molecule is COc1cc2c(cc1OC)C13CC[N+]4(Cc5ccc(C(F)(F)F)cc5)CC5=CCO[C@H]6CC(=O)N2[C@H]1[C@H]6[C@H]5CC34. The number of anilines is 1. The lowest BCUT2D eigenvalue weighted by atomic mass is 9.53. The average molecular weight is 554 g/mol. The van der Waals surface area contributed by atoms with Crippen molar-refractivity contribution in [1.82, 2.24) is 0 Å². The monoisotopic (exact) mass is 553 g/mol. The molecule has 1 aliphatic carbocycles. The third-order valence-corrected chi connectivity index (χ3v) is 11.1. The first-order valence-corrected chi connectivity index (χ1v) is 14.1. The topological polar surface area (TPSA) is 48.0 Å². The minimum atomic E-state index is -4.36. The third-order valence-electron chi connectivity index (χ3n) is 11.1. The fraction of sp³-hybridized carbons (Fsp3) is 0.516. The molecule has 0 radical (unpaired) electrons. The van der Waals surface area contributed by atoms with Crippen molar-refractivity contribution in [3.8, 4) is 11.5 Å². The van der Waals surface area contributed by atoms with Gasteiger partial charge in [0.05, 0.1) is 62.6 Å². The molecule has 1 amide bonds. The summed E-state index contributed by atoms with van der Waals surface area (Å²) in [6, 6.07) is 9.97. The summed E-state index contributed by atoms with van der Waals surface area (Å²) in [5, 5.41) is 0. The molecule has 40 heavy (non-hydrogen) atoms. The second-order valence-electron chi connectivity index (χ2n) is 12.5. The number of piperidine rings is 2. The van der Waals surface area contributed by atoms with Crippen LogP contribution in [0.15, 0.2) is 48.0 Å². The van der Waals surface area contributed by atoms with E-state index >= 15 is 0 Å². The summed E-state index contributed by atoms with van der Waals surface area (Å²) in [5.74, 6) is 1.89. The number of amides is 1. The molecule has 1 spiro atoms. The van der Waals surface area contributed by atoms with Crippen LogP contribution in [0.25, 0.3) is 0 Å². The number of rotatable bonds is 4. The van der Waals surface area contributed by atoms with Crippen LogP contribution in [-0.4, -0.2) is 62.5 Å². The Hall–Kier alpha value is -3.04. The van der Waals surface area contributed by atoms with Gasteiger partial charge < -0.3 is 23.6 Å². The maximum Gasteiger partial charge on any atom is 0.416 e. The molecule has 9 heteroatoms. The Morgan fingerprint density at radius 2 is 1.88 bits per heavy atom. The molecule has 1 saturated carbocycles. The Morgan fingerprint density at radius 3 is 2.60 bits per heavy atom. The van der Waals surface area contributed by atoms with E-state index in [1.807, 2.05) is 6.07 Å². The predicted octanol–water partition coefficient (Wildman–Crippen LogP) is 4.84. The smallest absolute Gasteiger partial charge is 0.416 e. The van der Waals surface area contributed by atoms with Crippen LogP contribution in [0.4, 0.5) is 18.9 Å². The Morgan fingerprint density at radius 1 is 1.12 bits per heavy atom. The van der Waals surface area contributed by atoms with Gasteiger partial charge in [-0.1, -0.05) is 18.2 Å². The van der Waals surface area contributed by atoms with Crippen LogP contribution in [-0.2, 0) is 27.7 Å². The molecule has 2 aromatic rings. The van der Waals surface area contributed by atoms with Crippen LogP contribution < -0.4 is 14.4 Å². The van der Waals surface area contributed by atoms with Crippen molar-refractivity contribution in [3.63, 3.8) is 0 Å². The van der Waals surface area contributed by atoms with Gasteiger partial charge in [0.15, 0.2) is 11.5 Å². The van der Waals surface area contributed by atoms with E-state index in [0.717, 1.165) is 47.2 Å². The number of quaternary nitrogens is 1. The summed E-state index contributed by atoms with van der Waals surface area (Å²) in [6.45, 7) is 2.93. The molecule has 5 aliphatic heterocycles. The molecular formula is C31H32F3N2O4+. The highest BCUT2D eigenvalue weighted by Crippen LogP contribution is 2.68. The molecule has 0 N–H and O–H groups in total. The molecule has 5 heterocycles. The largest absolute Gasteiger partial charge is 0.493 e. The van der Waals surface area contributed by atoms with Crippen molar-refractivity contribution >= 4 is 11.6 Å². The number of halogens is 3. The van der Waals surface area contributed by atoms with E-state index in [0.29, 0.717) is 37.0 Å². The lowest BCUT2D eigenvalue weighted by Gasteiger charge is -2.60.